The predicted molar refractivity (Wildman–Crippen MR) is 233 cm³/mol. The topological polar surface area (TPSA) is 91.3 Å². The molecule has 0 aromatic rings. The maximum atomic E-state index is 12.7. The van der Waals surface area contributed by atoms with Gasteiger partial charge in [-0.25, -0.2) is 4.57 Å². The van der Waals surface area contributed by atoms with Crippen LogP contribution >= 0.6 is 7.82 Å². The van der Waals surface area contributed by atoms with Gasteiger partial charge in [-0.15, -0.1) is 0 Å². The van der Waals surface area contributed by atoms with E-state index in [0.29, 0.717) is 24.1 Å². The second-order valence-corrected chi connectivity index (χ2v) is 17.1. The Bertz CT molecular complexity index is 1060. The van der Waals surface area contributed by atoms with Crippen molar-refractivity contribution in [1.82, 2.24) is 0 Å². The molecule has 0 aromatic heterocycles. The summed E-state index contributed by atoms with van der Waals surface area (Å²) in [6, 6.07) is 0. The zero-order valence-corrected chi connectivity index (χ0v) is 37.0. The highest BCUT2D eigenvalue weighted by Crippen LogP contribution is 2.43. The lowest BCUT2D eigenvalue weighted by Crippen LogP contribution is -2.37. The summed E-state index contributed by atoms with van der Waals surface area (Å²) in [4.78, 5) is 22.9. The van der Waals surface area contributed by atoms with Crippen LogP contribution in [-0.4, -0.2) is 75.6 Å². The number of quaternary nitrogens is 1. The van der Waals surface area contributed by atoms with Gasteiger partial charge in [-0.1, -0.05) is 145 Å². The first-order valence-corrected chi connectivity index (χ1v) is 23.5. The zero-order valence-electron chi connectivity index (χ0n) is 36.1. The molecule has 0 spiro atoms. The molecule has 0 radical (unpaired) electrons. The average molecular weight is 795 g/mol. The molecule has 0 saturated heterocycles. The number of likely N-dealkylation sites (N-methyl/N-ethyl adjacent to an activating group) is 1. The van der Waals surface area contributed by atoms with Crippen molar-refractivity contribution in [3.63, 3.8) is 0 Å². The van der Waals surface area contributed by atoms with Crippen molar-refractivity contribution in [1.29, 1.82) is 0 Å². The molecule has 0 fully saturated rings. The fourth-order valence-electron chi connectivity index (χ4n) is 5.65. The summed E-state index contributed by atoms with van der Waals surface area (Å²) in [7, 11) is 1.64. The largest absolute Gasteiger partial charge is 0.472 e. The van der Waals surface area contributed by atoms with Crippen LogP contribution < -0.4 is 0 Å². The minimum Gasteiger partial charge on any atom is -0.457 e. The lowest BCUT2D eigenvalue weighted by Gasteiger charge is -2.24. The molecule has 2 atom stereocenters. The van der Waals surface area contributed by atoms with Crippen LogP contribution in [0.5, 0.6) is 0 Å². The first-order valence-electron chi connectivity index (χ1n) is 22.0. The SMILES string of the molecule is CC/C=C\C/C=C\C/C=C\C/C=C\CCCCCCCOCC(COP(=O)(O)OCC[N+](C)(C)C)OC(=O)CCCCCCC/C=C\CCCCCCCC. The fraction of sp³-hybridized carbons (Fsp3) is 0.761. The summed E-state index contributed by atoms with van der Waals surface area (Å²) in [6.45, 7) is 5.44. The average Bonchev–Trinajstić information content (AvgIpc) is 3.13. The van der Waals surface area contributed by atoms with Crippen molar-refractivity contribution in [3.8, 4) is 0 Å². The van der Waals surface area contributed by atoms with Gasteiger partial charge in [-0.05, 0) is 77.0 Å². The second-order valence-electron chi connectivity index (χ2n) is 15.7. The third-order valence-corrected chi connectivity index (χ3v) is 10.0. The number of phosphoric ester groups is 1. The van der Waals surface area contributed by atoms with Gasteiger partial charge >= 0.3 is 13.8 Å². The molecule has 0 bridgehead atoms. The molecule has 2 unspecified atom stereocenters. The Kier molecular flexibility index (Phi) is 37.8. The molecule has 0 heterocycles. The van der Waals surface area contributed by atoms with Crippen LogP contribution in [0.4, 0.5) is 0 Å². The van der Waals surface area contributed by atoms with E-state index in [9.17, 15) is 14.3 Å². The van der Waals surface area contributed by atoms with Gasteiger partial charge < -0.3 is 18.9 Å². The molecular formula is C46H85NO7P+. The number of hydrogen-bond acceptors (Lipinski definition) is 6. The first kappa shape index (κ1) is 53.2. The number of carbonyl (C=O) groups is 1. The van der Waals surface area contributed by atoms with E-state index in [1.807, 2.05) is 21.1 Å². The van der Waals surface area contributed by atoms with E-state index in [4.69, 9.17) is 18.5 Å². The summed E-state index contributed by atoms with van der Waals surface area (Å²) in [5, 5.41) is 0. The van der Waals surface area contributed by atoms with E-state index < -0.39 is 13.9 Å². The Morgan fingerprint density at radius 3 is 1.60 bits per heavy atom. The minimum atomic E-state index is -4.28. The monoisotopic (exact) mass is 795 g/mol. The van der Waals surface area contributed by atoms with Gasteiger partial charge in [0.05, 0.1) is 34.4 Å². The first-order chi connectivity index (χ1) is 26.6. The molecule has 0 saturated carbocycles. The van der Waals surface area contributed by atoms with E-state index >= 15 is 0 Å². The standard InChI is InChI=1S/C46H84NO7P/c1-6-8-10-12-14-16-18-20-22-23-24-26-28-30-32-34-36-38-41-51-43-45(44-53-55(49,50)52-42-40-47(3,4)5)54-46(48)39-37-35-33-31-29-27-25-21-19-17-15-13-11-9-7-2/h8,10,14,16,20-22,24-26,45H,6-7,9,11-13,15,17-19,23,27-44H2,1-5H3/p+1/b10-8-,16-14-,22-20-,25-21-,26-24-. The highest BCUT2D eigenvalue weighted by molar-refractivity contribution is 7.47. The molecule has 320 valence electrons. The Hall–Kier alpha value is -1.80. The number of carbonyl (C=O) groups excluding carboxylic acids is 1. The molecule has 0 aliphatic heterocycles. The third-order valence-electron chi connectivity index (χ3n) is 9.06. The number of allylic oxidation sites excluding steroid dienone is 10. The van der Waals surface area contributed by atoms with Crippen molar-refractivity contribution in [2.45, 2.75) is 174 Å². The summed E-state index contributed by atoms with van der Waals surface area (Å²) in [5.41, 5.74) is 0. The van der Waals surface area contributed by atoms with Crippen molar-refractivity contribution < 1.29 is 37.3 Å². The number of esters is 1. The Morgan fingerprint density at radius 1 is 0.582 bits per heavy atom. The lowest BCUT2D eigenvalue weighted by molar-refractivity contribution is -0.870. The molecule has 0 rings (SSSR count). The van der Waals surface area contributed by atoms with Crippen LogP contribution in [0.15, 0.2) is 60.8 Å². The summed E-state index contributed by atoms with van der Waals surface area (Å²) in [5.74, 6) is -0.332. The van der Waals surface area contributed by atoms with Crippen molar-refractivity contribution >= 4 is 13.8 Å². The molecule has 1 N–H and O–H groups in total. The van der Waals surface area contributed by atoms with Crippen LogP contribution in [0.25, 0.3) is 0 Å². The molecule has 9 heteroatoms. The normalized spacial score (nSPS) is 14.4. The molecule has 0 aliphatic carbocycles. The maximum Gasteiger partial charge on any atom is 0.472 e. The molecule has 8 nitrogen and oxygen atoms in total. The number of rotatable bonds is 40. The van der Waals surface area contributed by atoms with Crippen molar-refractivity contribution in [2.24, 2.45) is 0 Å². The second kappa shape index (κ2) is 39.0. The van der Waals surface area contributed by atoms with E-state index in [2.05, 4.69) is 74.6 Å². The van der Waals surface area contributed by atoms with Gasteiger partial charge in [0.15, 0.2) is 0 Å². The third kappa shape index (κ3) is 43.2. The van der Waals surface area contributed by atoms with Crippen LogP contribution in [0.3, 0.4) is 0 Å². The number of unbranched alkanes of at least 4 members (excludes halogenated alkanes) is 16. The minimum absolute atomic E-state index is 0.0805. The zero-order chi connectivity index (χ0) is 40.6. The highest BCUT2D eigenvalue weighted by Gasteiger charge is 2.26. The molecule has 0 aromatic carbocycles. The molecule has 55 heavy (non-hydrogen) atoms. The molecular weight excluding hydrogens is 709 g/mol. The Labute approximate surface area is 339 Å². The Morgan fingerprint density at radius 2 is 1.05 bits per heavy atom. The summed E-state index contributed by atoms with van der Waals surface area (Å²) >= 11 is 0. The number of phosphoric acid groups is 1. The van der Waals surface area contributed by atoms with Crippen LogP contribution in [0, 0.1) is 0 Å². The molecule has 0 amide bonds. The van der Waals surface area contributed by atoms with Crippen LogP contribution in [0.2, 0.25) is 0 Å². The Balaban J connectivity index is 4.30. The van der Waals surface area contributed by atoms with Gasteiger partial charge in [-0.3, -0.25) is 13.8 Å². The van der Waals surface area contributed by atoms with Gasteiger partial charge in [0.2, 0.25) is 0 Å². The summed E-state index contributed by atoms with van der Waals surface area (Å²) in [6.07, 6.45) is 48.2. The number of ether oxygens (including phenoxy) is 2. The smallest absolute Gasteiger partial charge is 0.457 e. The van der Waals surface area contributed by atoms with E-state index in [1.165, 1.54) is 64.2 Å². The van der Waals surface area contributed by atoms with E-state index in [-0.39, 0.29) is 25.8 Å². The van der Waals surface area contributed by atoms with Crippen molar-refractivity contribution in [3.05, 3.63) is 60.8 Å². The van der Waals surface area contributed by atoms with Crippen LogP contribution in [0.1, 0.15) is 168 Å². The highest BCUT2D eigenvalue weighted by atomic mass is 31.2. The van der Waals surface area contributed by atoms with E-state index in [1.54, 1.807) is 0 Å². The quantitative estimate of drug-likeness (QED) is 0.0217. The summed E-state index contributed by atoms with van der Waals surface area (Å²) < 4.78 is 35.0. The van der Waals surface area contributed by atoms with Gasteiger partial charge in [0, 0.05) is 13.0 Å². The number of hydrogen-bond donors (Lipinski definition) is 1. The number of nitrogens with zero attached hydrogens (tertiary/aromatic N) is 1. The molecule has 0 aliphatic rings. The van der Waals surface area contributed by atoms with Crippen molar-refractivity contribution in [2.75, 3.05) is 54.1 Å². The van der Waals surface area contributed by atoms with Gasteiger partial charge in [0.1, 0.15) is 19.3 Å². The predicted octanol–water partition coefficient (Wildman–Crippen LogP) is 12.9. The van der Waals surface area contributed by atoms with Crippen LogP contribution in [-0.2, 0) is 27.9 Å². The van der Waals surface area contributed by atoms with Gasteiger partial charge in [0.25, 0.3) is 0 Å². The lowest BCUT2D eigenvalue weighted by atomic mass is 10.1. The van der Waals surface area contributed by atoms with E-state index in [0.717, 1.165) is 83.5 Å². The maximum absolute atomic E-state index is 12.7. The van der Waals surface area contributed by atoms with Gasteiger partial charge in [-0.2, -0.15) is 0 Å². The fourth-order valence-corrected chi connectivity index (χ4v) is 6.40.